The third kappa shape index (κ3) is 1.57. The second kappa shape index (κ2) is 3.52. The molecule has 86 valence electrons. The van der Waals surface area contributed by atoms with Gasteiger partial charge in [0.2, 0.25) is 0 Å². The van der Waals surface area contributed by atoms with Crippen LogP contribution in [-0.2, 0) is 0 Å². The standard InChI is InChI=1S/C15H14O2/c1-9-4-6-12(14-7-5-10(2)16-14)15-13(9)8-11(3)17-15/h4-8H,1-3H3. The SMILES string of the molecule is Cc1ccc(-c2ccc(C)c3cc(C)oc23)o1. The van der Waals surface area contributed by atoms with Crippen LogP contribution in [0.1, 0.15) is 17.1 Å². The molecule has 3 aromatic rings. The Morgan fingerprint density at radius 3 is 2.35 bits per heavy atom. The van der Waals surface area contributed by atoms with Gasteiger partial charge in [-0.3, -0.25) is 0 Å². The Bertz CT molecular complexity index is 686. The second-order valence-corrected chi connectivity index (χ2v) is 4.44. The van der Waals surface area contributed by atoms with Crippen molar-refractivity contribution in [1.82, 2.24) is 0 Å². The van der Waals surface area contributed by atoms with Crippen molar-refractivity contribution in [1.29, 1.82) is 0 Å². The van der Waals surface area contributed by atoms with Crippen LogP contribution in [0.3, 0.4) is 0 Å². The van der Waals surface area contributed by atoms with Crippen LogP contribution in [0.4, 0.5) is 0 Å². The smallest absolute Gasteiger partial charge is 0.145 e. The molecule has 3 rings (SSSR count). The summed E-state index contributed by atoms with van der Waals surface area (Å²) in [7, 11) is 0. The summed E-state index contributed by atoms with van der Waals surface area (Å²) in [5.41, 5.74) is 3.16. The molecule has 0 radical (unpaired) electrons. The normalized spacial score (nSPS) is 11.2. The molecule has 0 aliphatic carbocycles. The predicted octanol–water partition coefficient (Wildman–Crippen LogP) is 4.62. The van der Waals surface area contributed by atoms with Crippen molar-refractivity contribution in [3.8, 4) is 11.3 Å². The molecule has 0 amide bonds. The third-order valence-electron chi connectivity index (χ3n) is 3.03. The van der Waals surface area contributed by atoms with Gasteiger partial charge in [-0.15, -0.1) is 0 Å². The monoisotopic (exact) mass is 226 g/mol. The van der Waals surface area contributed by atoms with E-state index in [1.165, 1.54) is 5.56 Å². The van der Waals surface area contributed by atoms with E-state index in [9.17, 15) is 0 Å². The Kier molecular flexibility index (Phi) is 2.11. The maximum atomic E-state index is 5.78. The average Bonchev–Trinajstić information content (AvgIpc) is 2.85. The Labute approximate surface area is 99.9 Å². The molecule has 0 spiro atoms. The fourth-order valence-corrected chi connectivity index (χ4v) is 2.15. The molecule has 0 bridgehead atoms. The summed E-state index contributed by atoms with van der Waals surface area (Å²) in [4.78, 5) is 0. The van der Waals surface area contributed by atoms with Gasteiger partial charge in [0, 0.05) is 5.39 Å². The van der Waals surface area contributed by atoms with Crippen molar-refractivity contribution in [2.45, 2.75) is 20.8 Å². The van der Waals surface area contributed by atoms with Crippen LogP contribution in [0.2, 0.25) is 0 Å². The largest absolute Gasteiger partial charge is 0.461 e. The minimum Gasteiger partial charge on any atom is -0.461 e. The number of benzene rings is 1. The van der Waals surface area contributed by atoms with Crippen molar-refractivity contribution < 1.29 is 8.83 Å². The summed E-state index contributed by atoms with van der Waals surface area (Å²) in [5.74, 6) is 2.71. The Morgan fingerprint density at radius 1 is 0.824 bits per heavy atom. The number of furan rings is 2. The molecule has 17 heavy (non-hydrogen) atoms. The number of hydrogen-bond acceptors (Lipinski definition) is 2. The van der Waals surface area contributed by atoms with E-state index in [1.54, 1.807) is 0 Å². The zero-order chi connectivity index (χ0) is 12.0. The fraction of sp³-hybridized carbons (Fsp3) is 0.200. The maximum absolute atomic E-state index is 5.78. The zero-order valence-corrected chi connectivity index (χ0v) is 10.2. The van der Waals surface area contributed by atoms with Crippen LogP contribution in [0.25, 0.3) is 22.3 Å². The number of fused-ring (bicyclic) bond motifs is 1. The summed E-state index contributed by atoms with van der Waals surface area (Å²) in [5, 5.41) is 1.16. The van der Waals surface area contributed by atoms with Crippen molar-refractivity contribution >= 4 is 11.0 Å². The average molecular weight is 226 g/mol. The lowest BCUT2D eigenvalue weighted by Gasteiger charge is -2.01. The molecule has 0 fully saturated rings. The van der Waals surface area contributed by atoms with E-state index in [0.717, 1.165) is 33.8 Å². The van der Waals surface area contributed by atoms with Crippen LogP contribution in [-0.4, -0.2) is 0 Å². The Hall–Kier alpha value is -1.96. The van der Waals surface area contributed by atoms with Gasteiger partial charge in [-0.1, -0.05) is 6.07 Å². The molecular formula is C15H14O2. The van der Waals surface area contributed by atoms with Crippen LogP contribution in [0.15, 0.2) is 39.2 Å². The lowest BCUT2D eigenvalue weighted by molar-refractivity contribution is 0.544. The Morgan fingerprint density at radius 2 is 1.65 bits per heavy atom. The first-order valence-corrected chi connectivity index (χ1v) is 5.72. The molecule has 0 aliphatic rings. The van der Waals surface area contributed by atoms with Gasteiger partial charge in [-0.2, -0.15) is 0 Å². The quantitative estimate of drug-likeness (QED) is 0.605. The van der Waals surface area contributed by atoms with Crippen LogP contribution < -0.4 is 0 Å². The zero-order valence-electron chi connectivity index (χ0n) is 10.2. The molecule has 2 heterocycles. The van der Waals surface area contributed by atoms with E-state index in [0.29, 0.717) is 0 Å². The summed E-state index contributed by atoms with van der Waals surface area (Å²) < 4.78 is 11.5. The molecule has 0 saturated heterocycles. The molecule has 0 atom stereocenters. The summed E-state index contributed by atoms with van der Waals surface area (Å²) in [6, 6.07) is 10.2. The van der Waals surface area contributed by atoms with Crippen molar-refractivity contribution in [2.24, 2.45) is 0 Å². The van der Waals surface area contributed by atoms with Crippen molar-refractivity contribution in [2.75, 3.05) is 0 Å². The maximum Gasteiger partial charge on any atom is 0.145 e. The summed E-state index contributed by atoms with van der Waals surface area (Å²) >= 11 is 0. The van der Waals surface area contributed by atoms with E-state index in [1.807, 2.05) is 26.0 Å². The minimum atomic E-state index is 0.863. The van der Waals surface area contributed by atoms with Gasteiger partial charge in [0.25, 0.3) is 0 Å². The lowest BCUT2D eigenvalue weighted by atomic mass is 10.1. The van der Waals surface area contributed by atoms with Crippen LogP contribution in [0, 0.1) is 20.8 Å². The summed E-state index contributed by atoms with van der Waals surface area (Å²) in [6.45, 7) is 6.01. The molecule has 0 unspecified atom stereocenters. The molecule has 0 N–H and O–H groups in total. The van der Waals surface area contributed by atoms with E-state index in [-0.39, 0.29) is 0 Å². The molecular weight excluding hydrogens is 212 g/mol. The summed E-state index contributed by atoms with van der Waals surface area (Å²) in [6.07, 6.45) is 0. The minimum absolute atomic E-state index is 0.863. The molecule has 0 saturated carbocycles. The molecule has 2 aromatic heterocycles. The molecule has 2 nitrogen and oxygen atoms in total. The predicted molar refractivity (Wildman–Crippen MR) is 68.1 cm³/mol. The van der Waals surface area contributed by atoms with Gasteiger partial charge in [-0.05, 0) is 50.6 Å². The van der Waals surface area contributed by atoms with E-state index in [4.69, 9.17) is 8.83 Å². The molecule has 1 aromatic carbocycles. The third-order valence-corrected chi connectivity index (χ3v) is 3.03. The van der Waals surface area contributed by atoms with Crippen molar-refractivity contribution in [3.05, 3.63) is 47.4 Å². The van der Waals surface area contributed by atoms with Gasteiger partial charge in [0.1, 0.15) is 22.9 Å². The fourth-order valence-electron chi connectivity index (χ4n) is 2.15. The highest BCUT2D eigenvalue weighted by atomic mass is 16.4. The van der Waals surface area contributed by atoms with Gasteiger partial charge in [0.05, 0.1) is 5.56 Å². The lowest BCUT2D eigenvalue weighted by Crippen LogP contribution is -1.78. The highest BCUT2D eigenvalue weighted by Gasteiger charge is 2.12. The first kappa shape index (κ1) is 10.2. The number of hydrogen-bond donors (Lipinski definition) is 0. The van der Waals surface area contributed by atoms with Gasteiger partial charge in [-0.25, -0.2) is 0 Å². The first-order valence-electron chi connectivity index (χ1n) is 5.72. The van der Waals surface area contributed by atoms with Gasteiger partial charge >= 0.3 is 0 Å². The first-order chi connectivity index (χ1) is 8.15. The Balaban J connectivity index is 2.33. The molecule has 0 aliphatic heterocycles. The number of aryl methyl sites for hydroxylation is 3. The van der Waals surface area contributed by atoms with Gasteiger partial charge < -0.3 is 8.83 Å². The second-order valence-electron chi connectivity index (χ2n) is 4.44. The molecule has 2 heteroatoms. The van der Waals surface area contributed by atoms with E-state index >= 15 is 0 Å². The van der Waals surface area contributed by atoms with Gasteiger partial charge in [0.15, 0.2) is 0 Å². The van der Waals surface area contributed by atoms with E-state index in [2.05, 4.69) is 25.1 Å². The van der Waals surface area contributed by atoms with Crippen LogP contribution in [0.5, 0.6) is 0 Å². The number of rotatable bonds is 1. The highest BCUT2D eigenvalue weighted by Crippen LogP contribution is 2.33. The highest BCUT2D eigenvalue weighted by molar-refractivity contribution is 5.93. The van der Waals surface area contributed by atoms with Crippen molar-refractivity contribution in [3.63, 3.8) is 0 Å². The topological polar surface area (TPSA) is 26.3 Å². The van der Waals surface area contributed by atoms with Crippen LogP contribution >= 0.6 is 0 Å². The van der Waals surface area contributed by atoms with E-state index < -0.39 is 0 Å².